The molecule has 0 unspecified atom stereocenters. The Morgan fingerprint density at radius 2 is 1.83 bits per heavy atom. The number of ether oxygens (including phenoxy) is 1. The summed E-state index contributed by atoms with van der Waals surface area (Å²) in [6, 6.07) is 4.23. The Hall–Kier alpha value is -0.0200. The predicted octanol–water partition coefficient (Wildman–Crippen LogP) is 6.00. The maximum Gasteiger partial charge on any atom is 0.126 e. The zero-order valence-electron chi connectivity index (χ0n) is 11.3. The van der Waals surface area contributed by atoms with Crippen LogP contribution in [0.1, 0.15) is 50.2 Å². The lowest BCUT2D eigenvalue weighted by Gasteiger charge is -2.13. The molecule has 0 saturated heterocycles. The molecule has 3 heteroatoms. The van der Waals surface area contributed by atoms with Gasteiger partial charge in [0.05, 0.1) is 6.61 Å². The van der Waals surface area contributed by atoms with Gasteiger partial charge in [0.2, 0.25) is 0 Å². The summed E-state index contributed by atoms with van der Waals surface area (Å²) in [5.41, 5.74) is 2.42. The van der Waals surface area contributed by atoms with Crippen LogP contribution in [0.3, 0.4) is 0 Å². The number of rotatable bonds is 8. The number of hydrogen-bond acceptors (Lipinski definition) is 1. The zero-order chi connectivity index (χ0) is 13.4. The van der Waals surface area contributed by atoms with Crippen molar-refractivity contribution in [1.82, 2.24) is 0 Å². The summed E-state index contributed by atoms with van der Waals surface area (Å²) in [6.45, 7) is 5.17. The molecule has 1 aromatic rings. The van der Waals surface area contributed by atoms with Gasteiger partial charge in [-0.15, -0.1) is 0 Å². The summed E-state index contributed by atoms with van der Waals surface area (Å²) < 4.78 is 7.06. The average Bonchev–Trinajstić information content (AvgIpc) is 2.35. The summed E-state index contributed by atoms with van der Waals surface area (Å²) in [4.78, 5) is 0. The van der Waals surface area contributed by atoms with Crippen LogP contribution < -0.4 is 4.74 Å². The molecule has 0 radical (unpaired) electrons. The second kappa shape index (κ2) is 8.98. The van der Waals surface area contributed by atoms with Crippen molar-refractivity contribution in [3.63, 3.8) is 0 Å². The van der Waals surface area contributed by atoms with Crippen LogP contribution in [0.5, 0.6) is 5.75 Å². The molecular weight excluding hydrogens is 356 g/mol. The van der Waals surface area contributed by atoms with Crippen LogP contribution in [-0.4, -0.2) is 6.61 Å². The first-order valence-electron chi connectivity index (χ1n) is 6.66. The van der Waals surface area contributed by atoms with E-state index in [2.05, 4.69) is 57.8 Å². The third-order valence-electron chi connectivity index (χ3n) is 2.95. The number of hydrogen-bond donors (Lipinski definition) is 0. The highest BCUT2D eigenvalue weighted by Crippen LogP contribution is 2.29. The fraction of sp³-hybridized carbons (Fsp3) is 0.600. The zero-order valence-corrected chi connectivity index (χ0v) is 14.4. The van der Waals surface area contributed by atoms with Crippen LogP contribution in [0.2, 0.25) is 0 Å². The molecule has 0 aromatic heterocycles. The van der Waals surface area contributed by atoms with Crippen LogP contribution in [0.4, 0.5) is 0 Å². The maximum absolute atomic E-state index is 5.94. The van der Waals surface area contributed by atoms with E-state index in [0.29, 0.717) is 0 Å². The van der Waals surface area contributed by atoms with Crippen molar-refractivity contribution < 1.29 is 4.74 Å². The van der Waals surface area contributed by atoms with Crippen molar-refractivity contribution in [2.75, 3.05) is 6.61 Å². The summed E-state index contributed by atoms with van der Waals surface area (Å²) in [7, 11) is 0. The van der Waals surface area contributed by atoms with Gasteiger partial charge in [-0.1, -0.05) is 64.5 Å². The Bertz CT molecular complexity index is 364. The quantitative estimate of drug-likeness (QED) is 0.398. The van der Waals surface area contributed by atoms with Crippen molar-refractivity contribution in [3.05, 3.63) is 27.7 Å². The molecule has 1 nitrogen and oxygen atoms in total. The van der Waals surface area contributed by atoms with Gasteiger partial charge in [-0.3, -0.25) is 0 Å². The fourth-order valence-corrected chi connectivity index (χ4v) is 3.02. The second-order valence-electron chi connectivity index (χ2n) is 4.61. The molecule has 0 aliphatic rings. The molecule has 0 aliphatic carbocycles. The molecule has 0 aliphatic heterocycles. The van der Waals surface area contributed by atoms with E-state index in [0.717, 1.165) is 28.6 Å². The lowest BCUT2D eigenvalue weighted by Crippen LogP contribution is -2.01. The smallest absolute Gasteiger partial charge is 0.126 e. The SMILES string of the molecule is CCCCCCCOc1c(C)cc(Br)cc1CBr. The van der Waals surface area contributed by atoms with Crippen LogP contribution in [0.25, 0.3) is 0 Å². The summed E-state index contributed by atoms with van der Waals surface area (Å²) >= 11 is 7.04. The molecule has 18 heavy (non-hydrogen) atoms. The Kier molecular flexibility index (Phi) is 8.00. The van der Waals surface area contributed by atoms with Crippen LogP contribution in [-0.2, 0) is 5.33 Å². The predicted molar refractivity (Wildman–Crippen MR) is 85.8 cm³/mol. The van der Waals surface area contributed by atoms with Crippen LogP contribution in [0, 0.1) is 6.92 Å². The lowest BCUT2D eigenvalue weighted by atomic mass is 10.1. The Balaban J connectivity index is 2.46. The van der Waals surface area contributed by atoms with Gasteiger partial charge < -0.3 is 4.74 Å². The van der Waals surface area contributed by atoms with Crippen LogP contribution >= 0.6 is 31.9 Å². The van der Waals surface area contributed by atoms with E-state index >= 15 is 0 Å². The highest BCUT2D eigenvalue weighted by Gasteiger charge is 2.07. The minimum absolute atomic E-state index is 0.826. The summed E-state index contributed by atoms with van der Waals surface area (Å²) in [5, 5.41) is 0.832. The number of unbranched alkanes of at least 4 members (excludes halogenated alkanes) is 4. The number of benzene rings is 1. The van der Waals surface area contributed by atoms with Crippen LogP contribution in [0.15, 0.2) is 16.6 Å². The first-order chi connectivity index (χ1) is 8.69. The topological polar surface area (TPSA) is 9.23 Å². The first-order valence-corrected chi connectivity index (χ1v) is 8.58. The second-order valence-corrected chi connectivity index (χ2v) is 6.08. The van der Waals surface area contributed by atoms with Gasteiger partial charge in [-0.2, -0.15) is 0 Å². The number of halogens is 2. The molecule has 1 rings (SSSR count). The minimum Gasteiger partial charge on any atom is -0.493 e. The first kappa shape index (κ1) is 16.0. The Morgan fingerprint density at radius 3 is 2.50 bits per heavy atom. The van der Waals surface area contributed by atoms with E-state index < -0.39 is 0 Å². The van der Waals surface area contributed by atoms with Gasteiger partial charge in [0, 0.05) is 15.4 Å². The van der Waals surface area contributed by atoms with E-state index in [1.54, 1.807) is 0 Å². The van der Waals surface area contributed by atoms with Gasteiger partial charge >= 0.3 is 0 Å². The van der Waals surface area contributed by atoms with Gasteiger partial charge in [-0.05, 0) is 31.0 Å². The van der Waals surface area contributed by atoms with Crippen molar-refractivity contribution in [1.29, 1.82) is 0 Å². The molecule has 0 fully saturated rings. The Labute approximate surface area is 128 Å². The standard InChI is InChI=1S/C15H22Br2O/c1-3-4-5-6-7-8-18-15-12(2)9-14(17)10-13(15)11-16/h9-10H,3-8,11H2,1-2H3. The van der Waals surface area contributed by atoms with Crippen molar-refractivity contribution >= 4 is 31.9 Å². The molecule has 0 heterocycles. The van der Waals surface area contributed by atoms with E-state index in [-0.39, 0.29) is 0 Å². The molecular formula is C15H22Br2O. The molecule has 102 valence electrons. The molecule has 0 spiro atoms. The van der Waals surface area contributed by atoms with E-state index in [4.69, 9.17) is 4.74 Å². The Morgan fingerprint density at radius 1 is 1.11 bits per heavy atom. The lowest BCUT2D eigenvalue weighted by molar-refractivity contribution is 0.300. The largest absolute Gasteiger partial charge is 0.493 e. The highest BCUT2D eigenvalue weighted by atomic mass is 79.9. The normalized spacial score (nSPS) is 10.7. The third-order valence-corrected chi connectivity index (χ3v) is 4.02. The number of aryl methyl sites for hydroxylation is 1. The van der Waals surface area contributed by atoms with E-state index in [1.807, 2.05) is 0 Å². The summed E-state index contributed by atoms with van der Waals surface area (Å²) in [6.07, 6.45) is 6.37. The molecule has 0 N–H and O–H groups in total. The third kappa shape index (κ3) is 5.31. The van der Waals surface area contributed by atoms with E-state index in [1.165, 1.54) is 36.8 Å². The molecule has 1 aromatic carbocycles. The molecule has 0 bridgehead atoms. The van der Waals surface area contributed by atoms with Gasteiger partial charge in [0.15, 0.2) is 0 Å². The van der Waals surface area contributed by atoms with Crippen molar-refractivity contribution in [2.45, 2.75) is 51.3 Å². The minimum atomic E-state index is 0.826. The van der Waals surface area contributed by atoms with E-state index in [9.17, 15) is 0 Å². The monoisotopic (exact) mass is 376 g/mol. The molecule has 0 atom stereocenters. The molecule has 0 amide bonds. The fourth-order valence-electron chi connectivity index (χ4n) is 1.98. The maximum atomic E-state index is 5.94. The van der Waals surface area contributed by atoms with Gasteiger partial charge in [0.1, 0.15) is 5.75 Å². The van der Waals surface area contributed by atoms with Crippen molar-refractivity contribution in [2.24, 2.45) is 0 Å². The van der Waals surface area contributed by atoms with Gasteiger partial charge in [0.25, 0.3) is 0 Å². The van der Waals surface area contributed by atoms with Crippen molar-refractivity contribution in [3.8, 4) is 5.75 Å². The number of alkyl halides is 1. The highest BCUT2D eigenvalue weighted by molar-refractivity contribution is 9.10. The average molecular weight is 378 g/mol. The van der Waals surface area contributed by atoms with Gasteiger partial charge in [-0.25, -0.2) is 0 Å². The summed E-state index contributed by atoms with van der Waals surface area (Å²) in [5.74, 6) is 1.05. The molecule has 0 saturated carbocycles.